The highest BCUT2D eigenvalue weighted by molar-refractivity contribution is 7.97. The van der Waals surface area contributed by atoms with Crippen molar-refractivity contribution >= 4 is 34.7 Å². The summed E-state index contributed by atoms with van der Waals surface area (Å²) in [5, 5.41) is 6.69. The molecule has 1 saturated heterocycles. The van der Waals surface area contributed by atoms with Crippen molar-refractivity contribution in [2.75, 3.05) is 31.6 Å². The van der Waals surface area contributed by atoms with Gasteiger partial charge in [0.05, 0.1) is 22.9 Å². The van der Waals surface area contributed by atoms with Crippen molar-refractivity contribution in [1.29, 1.82) is 0 Å². The van der Waals surface area contributed by atoms with Gasteiger partial charge in [0.25, 0.3) is 5.91 Å². The van der Waals surface area contributed by atoms with Crippen LogP contribution in [-0.2, 0) is 0 Å². The second-order valence-corrected chi connectivity index (χ2v) is 8.20. The van der Waals surface area contributed by atoms with E-state index >= 15 is 0 Å². The Morgan fingerprint density at radius 2 is 2.14 bits per heavy atom. The van der Waals surface area contributed by atoms with Crippen LogP contribution in [0.1, 0.15) is 23.2 Å². The molecule has 3 heterocycles. The van der Waals surface area contributed by atoms with Gasteiger partial charge in [-0.25, -0.2) is 9.97 Å². The molecule has 0 radical (unpaired) electrons. The molecule has 150 valence electrons. The van der Waals surface area contributed by atoms with Crippen LogP contribution in [-0.4, -0.2) is 58.0 Å². The smallest absolute Gasteiger partial charge is 0.254 e. The largest absolute Gasteiger partial charge is 0.496 e. The van der Waals surface area contributed by atoms with E-state index in [0.717, 1.165) is 59.6 Å². The molecule has 2 fully saturated rings. The van der Waals surface area contributed by atoms with Gasteiger partial charge in [-0.1, -0.05) is 0 Å². The van der Waals surface area contributed by atoms with Crippen LogP contribution in [0.15, 0.2) is 41.7 Å². The minimum atomic E-state index is -0.128. The van der Waals surface area contributed by atoms with Crippen molar-refractivity contribution in [1.82, 2.24) is 19.9 Å². The lowest BCUT2D eigenvalue weighted by atomic mass is 10.1. The summed E-state index contributed by atoms with van der Waals surface area (Å²) in [5.41, 5.74) is 1.34. The average Bonchev–Trinajstić information content (AvgIpc) is 3.34. The topological polar surface area (TPSA) is 100 Å². The van der Waals surface area contributed by atoms with E-state index in [-0.39, 0.29) is 11.4 Å². The number of nitrogens with zero attached hydrogens (tertiary/aromatic N) is 4. The lowest BCUT2D eigenvalue weighted by Gasteiger charge is -2.43. The first-order valence-corrected chi connectivity index (χ1v) is 10.4. The number of nitrogens with one attached hydrogen (secondary N) is 1. The first-order chi connectivity index (χ1) is 14.1. The Morgan fingerprint density at radius 1 is 1.28 bits per heavy atom. The van der Waals surface area contributed by atoms with Crippen LogP contribution in [0.25, 0.3) is 11.0 Å². The summed E-state index contributed by atoms with van der Waals surface area (Å²) in [5.74, 6) is 1.60. The van der Waals surface area contributed by atoms with E-state index in [4.69, 9.17) is 9.88 Å². The zero-order valence-electron chi connectivity index (χ0n) is 16.1. The number of fused-ring (bicyclic) bond motifs is 1. The third-order valence-corrected chi connectivity index (χ3v) is 6.48. The molecule has 5 rings (SSSR count). The van der Waals surface area contributed by atoms with Gasteiger partial charge in [-0.05, 0) is 49.1 Å². The van der Waals surface area contributed by atoms with Crippen LogP contribution in [0, 0.1) is 0 Å². The number of hydrogen-bond acceptors (Lipinski definition) is 7. The molecule has 1 aliphatic heterocycles. The maximum absolute atomic E-state index is 13.3. The van der Waals surface area contributed by atoms with E-state index < -0.39 is 0 Å². The Bertz CT molecular complexity index is 1080. The maximum Gasteiger partial charge on any atom is 0.254 e. The van der Waals surface area contributed by atoms with Gasteiger partial charge >= 0.3 is 0 Å². The Labute approximate surface area is 172 Å². The number of carbonyl (C=O) groups excluding carboxylic acids is 1. The number of rotatable bonds is 4. The molecule has 0 bridgehead atoms. The minimum absolute atomic E-state index is 0.0449. The van der Waals surface area contributed by atoms with Gasteiger partial charge in [0.15, 0.2) is 0 Å². The molecule has 0 unspecified atom stereocenters. The molecule has 1 amide bonds. The van der Waals surface area contributed by atoms with Crippen molar-refractivity contribution in [3.63, 3.8) is 0 Å². The van der Waals surface area contributed by atoms with E-state index in [9.17, 15) is 4.79 Å². The number of carbonyl (C=O) groups is 1. The van der Waals surface area contributed by atoms with Gasteiger partial charge in [0.2, 0.25) is 0 Å². The summed E-state index contributed by atoms with van der Waals surface area (Å²) in [6, 6.07) is 7.46. The highest BCUT2D eigenvalue weighted by atomic mass is 32.2. The van der Waals surface area contributed by atoms with Gasteiger partial charge in [-0.2, -0.15) is 0 Å². The SMILES string of the molecule is COc1cc(C(=O)N2CCN(c3ncnc4[nH]ccc34)CC23CC3)ccc1SN. The number of benzene rings is 1. The number of aromatic nitrogens is 3. The van der Waals surface area contributed by atoms with E-state index in [1.807, 2.05) is 29.3 Å². The Kier molecular flexibility index (Phi) is 4.36. The molecule has 29 heavy (non-hydrogen) atoms. The molecule has 2 aliphatic rings. The Morgan fingerprint density at radius 3 is 2.90 bits per heavy atom. The second kappa shape index (κ2) is 6.93. The van der Waals surface area contributed by atoms with E-state index in [2.05, 4.69) is 19.9 Å². The number of piperazine rings is 1. The number of aromatic amines is 1. The minimum Gasteiger partial charge on any atom is -0.496 e. The van der Waals surface area contributed by atoms with Gasteiger partial charge in [0.1, 0.15) is 23.5 Å². The van der Waals surface area contributed by atoms with Gasteiger partial charge < -0.3 is 19.5 Å². The predicted octanol–water partition coefficient (Wildman–Crippen LogP) is 2.43. The Hall–Kier alpha value is -2.78. The molecule has 1 saturated carbocycles. The van der Waals surface area contributed by atoms with Crippen LogP contribution < -0.4 is 14.8 Å². The molecule has 9 heteroatoms. The monoisotopic (exact) mass is 410 g/mol. The summed E-state index contributed by atoms with van der Waals surface area (Å²) >= 11 is 1.12. The standard InChI is InChI=1S/C20H22N6O2S/c1-28-15-10-13(2-3-16(15)29-21)19(27)26-9-8-25(11-20(26)5-6-20)18-14-4-7-22-17(14)23-12-24-18/h2-4,7,10,12H,5-6,8-9,11,21H2,1H3,(H,22,23,24). The molecular weight excluding hydrogens is 388 g/mol. The van der Waals surface area contributed by atoms with Crippen LogP contribution in [0.4, 0.5) is 5.82 Å². The lowest BCUT2D eigenvalue weighted by Crippen LogP contribution is -2.57. The molecular formula is C20H22N6O2S. The third-order valence-electron chi connectivity index (χ3n) is 5.89. The van der Waals surface area contributed by atoms with Crippen molar-refractivity contribution < 1.29 is 9.53 Å². The molecule has 3 aromatic rings. The van der Waals surface area contributed by atoms with E-state index in [1.165, 1.54) is 0 Å². The number of amides is 1. The average molecular weight is 411 g/mol. The fraction of sp³-hybridized carbons (Fsp3) is 0.350. The van der Waals surface area contributed by atoms with Crippen molar-refractivity contribution in [2.45, 2.75) is 23.3 Å². The number of nitrogens with two attached hydrogens (primary N) is 1. The Balaban J connectivity index is 1.40. The first kappa shape index (κ1) is 18.3. The summed E-state index contributed by atoms with van der Waals surface area (Å²) < 4.78 is 5.39. The normalized spacial score (nSPS) is 17.7. The highest BCUT2D eigenvalue weighted by Crippen LogP contribution is 2.46. The lowest BCUT2D eigenvalue weighted by molar-refractivity contribution is 0.0624. The molecule has 8 nitrogen and oxygen atoms in total. The van der Waals surface area contributed by atoms with Crippen molar-refractivity contribution in [2.24, 2.45) is 5.14 Å². The van der Waals surface area contributed by atoms with Gasteiger partial charge in [-0.15, -0.1) is 0 Å². The molecule has 1 aromatic carbocycles. The van der Waals surface area contributed by atoms with Gasteiger partial charge in [-0.3, -0.25) is 9.93 Å². The number of H-pyrrole nitrogens is 1. The first-order valence-electron chi connectivity index (χ1n) is 9.55. The second-order valence-electron chi connectivity index (χ2n) is 7.52. The van der Waals surface area contributed by atoms with Crippen LogP contribution in [0.2, 0.25) is 0 Å². The maximum atomic E-state index is 13.3. The molecule has 1 aliphatic carbocycles. The van der Waals surface area contributed by atoms with Crippen LogP contribution >= 0.6 is 11.9 Å². The summed E-state index contributed by atoms with van der Waals surface area (Å²) in [6.07, 6.45) is 5.48. The quantitative estimate of drug-likeness (QED) is 0.637. The molecule has 2 aromatic heterocycles. The van der Waals surface area contributed by atoms with E-state index in [1.54, 1.807) is 19.5 Å². The van der Waals surface area contributed by atoms with Crippen LogP contribution in [0.5, 0.6) is 5.75 Å². The summed E-state index contributed by atoms with van der Waals surface area (Å²) in [4.78, 5) is 30.4. The number of methoxy groups -OCH3 is 1. The summed E-state index contributed by atoms with van der Waals surface area (Å²) in [6.45, 7) is 2.17. The number of hydrogen-bond donors (Lipinski definition) is 2. The number of ether oxygens (including phenoxy) is 1. The molecule has 1 spiro atoms. The van der Waals surface area contributed by atoms with E-state index in [0.29, 0.717) is 17.9 Å². The van der Waals surface area contributed by atoms with Gasteiger partial charge in [0, 0.05) is 31.4 Å². The zero-order chi connectivity index (χ0) is 20.0. The van der Waals surface area contributed by atoms with Crippen LogP contribution in [0.3, 0.4) is 0 Å². The fourth-order valence-electron chi connectivity index (χ4n) is 4.21. The highest BCUT2D eigenvalue weighted by Gasteiger charge is 2.53. The molecule has 0 atom stereocenters. The predicted molar refractivity (Wildman–Crippen MR) is 112 cm³/mol. The third kappa shape index (κ3) is 3.01. The number of anilines is 1. The molecule has 3 N–H and O–H groups in total. The zero-order valence-corrected chi connectivity index (χ0v) is 16.9. The summed E-state index contributed by atoms with van der Waals surface area (Å²) in [7, 11) is 1.59. The fourth-order valence-corrected chi connectivity index (χ4v) is 4.62. The van der Waals surface area contributed by atoms with Crippen molar-refractivity contribution in [3.05, 3.63) is 42.4 Å². The van der Waals surface area contributed by atoms with Crippen molar-refractivity contribution in [3.8, 4) is 5.75 Å².